The van der Waals surface area contributed by atoms with E-state index in [1.807, 2.05) is 41.3 Å². The number of carbonyl (C=O) groups is 2. The van der Waals surface area contributed by atoms with E-state index < -0.39 is 0 Å². The van der Waals surface area contributed by atoms with E-state index in [2.05, 4.69) is 15.1 Å². The van der Waals surface area contributed by atoms with Crippen LogP contribution in [0.15, 0.2) is 36.4 Å². The molecule has 1 aromatic heterocycles. The van der Waals surface area contributed by atoms with E-state index >= 15 is 0 Å². The number of hydrogen-bond donors (Lipinski definition) is 0. The van der Waals surface area contributed by atoms with Gasteiger partial charge in [0.1, 0.15) is 5.75 Å². The maximum atomic E-state index is 13.2. The number of amides is 2. The molecule has 192 valence electrons. The monoisotopic (exact) mass is 493 g/mol. The summed E-state index contributed by atoms with van der Waals surface area (Å²) in [5.74, 6) is 1.84. The second kappa shape index (κ2) is 11.2. The zero-order valence-corrected chi connectivity index (χ0v) is 21.0. The van der Waals surface area contributed by atoms with Gasteiger partial charge in [-0.1, -0.05) is 0 Å². The van der Waals surface area contributed by atoms with Crippen LogP contribution in [0.4, 0.5) is 5.82 Å². The smallest absolute Gasteiger partial charge is 0.242 e. The van der Waals surface area contributed by atoms with Gasteiger partial charge in [0, 0.05) is 50.8 Å². The van der Waals surface area contributed by atoms with Crippen LogP contribution in [0.5, 0.6) is 5.75 Å². The van der Waals surface area contributed by atoms with Crippen LogP contribution >= 0.6 is 0 Å². The molecule has 2 amide bonds. The van der Waals surface area contributed by atoms with E-state index in [1.165, 1.54) is 0 Å². The zero-order valence-electron chi connectivity index (χ0n) is 21.0. The molecule has 9 heteroatoms. The predicted molar refractivity (Wildman–Crippen MR) is 136 cm³/mol. The third kappa shape index (κ3) is 5.95. The molecule has 0 unspecified atom stereocenters. The van der Waals surface area contributed by atoms with Crippen LogP contribution in [0.25, 0.3) is 11.3 Å². The lowest BCUT2D eigenvalue weighted by atomic mass is 10.1. The molecule has 9 nitrogen and oxygen atoms in total. The van der Waals surface area contributed by atoms with Crippen LogP contribution < -0.4 is 9.64 Å². The van der Waals surface area contributed by atoms with E-state index in [0.717, 1.165) is 68.1 Å². The highest BCUT2D eigenvalue weighted by atomic mass is 16.5. The van der Waals surface area contributed by atoms with Crippen LogP contribution in [0, 0.1) is 5.92 Å². The first kappa shape index (κ1) is 24.5. The second-order valence-corrected chi connectivity index (χ2v) is 9.85. The number of anilines is 1. The third-order valence-corrected chi connectivity index (χ3v) is 7.22. The third-order valence-electron chi connectivity index (χ3n) is 7.22. The van der Waals surface area contributed by atoms with E-state index in [0.29, 0.717) is 26.2 Å². The molecule has 0 radical (unpaired) electrons. The van der Waals surface area contributed by atoms with Gasteiger partial charge in [0.25, 0.3) is 0 Å². The number of hydrogen-bond acceptors (Lipinski definition) is 7. The fourth-order valence-corrected chi connectivity index (χ4v) is 4.92. The first-order chi connectivity index (χ1) is 17.6. The van der Waals surface area contributed by atoms with Gasteiger partial charge < -0.3 is 24.2 Å². The Hall–Kier alpha value is -3.20. The van der Waals surface area contributed by atoms with Crippen molar-refractivity contribution in [3.05, 3.63) is 36.4 Å². The number of carbonyl (C=O) groups excluding carboxylic acids is 2. The molecular weight excluding hydrogens is 458 g/mol. The molecule has 36 heavy (non-hydrogen) atoms. The average Bonchev–Trinajstić information content (AvgIpc) is 3.69. The zero-order chi connectivity index (χ0) is 24.9. The molecule has 1 aromatic carbocycles. The Morgan fingerprint density at radius 1 is 1.00 bits per heavy atom. The van der Waals surface area contributed by atoms with Crippen LogP contribution in [-0.2, 0) is 14.3 Å². The van der Waals surface area contributed by atoms with Crippen LogP contribution in [-0.4, -0.2) is 90.9 Å². The molecule has 1 saturated carbocycles. The van der Waals surface area contributed by atoms with E-state index in [1.54, 1.807) is 12.0 Å². The molecule has 1 atom stereocenters. The topological polar surface area (TPSA) is 88.1 Å². The lowest BCUT2D eigenvalue weighted by molar-refractivity contribution is -0.142. The summed E-state index contributed by atoms with van der Waals surface area (Å²) < 4.78 is 11.0. The van der Waals surface area contributed by atoms with E-state index in [-0.39, 0.29) is 30.4 Å². The van der Waals surface area contributed by atoms with E-state index in [4.69, 9.17) is 9.47 Å². The van der Waals surface area contributed by atoms with Crippen molar-refractivity contribution in [1.82, 2.24) is 20.0 Å². The van der Waals surface area contributed by atoms with Gasteiger partial charge in [-0.15, -0.1) is 10.2 Å². The highest BCUT2D eigenvalue weighted by molar-refractivity contribution is 5.87. The molecule has 3 heterocycles. The second-order valence-electron chi connectivity index (χ2n) is 9.85. The quantitative estimate of drug-likeness (QED) is 0.559. The minimum absolute atomic E-state index is 0.0183. The summed E-state index contributed by atoms with van der Waals surface area (Å²) in [5, 5.41) is 8.89. The molecule has 0 N–H and O–H groups in total. The van der Waals surface area contributed by atoms with Gasteiger partial charge in [-0.3, -0.25) is 9.59 Å². The lowest BCUT2D eigenvalue weighted by Gasteiger charge is -2.28. The fourth-order valence-electron chi connectivity index (χ4n) is 4.92. The molecule has 0 spiro atoms. The Balaban J connectivity index is 1.17. The summed E-state index contributed by atoms with van der Waals surface area (Å²) in [6.45, 7) is 4.19. The molecule has 5 rings (SSSR count). The first-order valence-corrected chi connectivity index (χ1v) is 13.0. The first-order valence-electron chi connectivity index (χ1n) is 13.0. The molecule has 2 aliphatic heterocycles. The SMILES string of the molecule is COc1ccc(-c2ccc(N3CCCN(C(=O)CN(C[C@@H]4CCCO4)C(=O)C4CC4)CC3)nn2)cc1. The maximum Gasteiger partial charge on any atom is 0.242 e. The van der Waals surface area contributed by atoms with Crippen molar-refractivity contribution in [2.75, 3.05) is 57.9 Å². The molecule has 1 aliphatic carbocycles. The summed E-state index contributed by atoms with van der Waals surface area (Å²) in [6.07, 6.45) is 4.75. The summed E-state index contributed by atoms with van der Waals surface area (Å²) in [6, 6.07) is 11.7. The van der Waals surface area contributed by atoms with Gasteiger partial charge in [0.15, 0.2) is 5.82 Å². The Bertz CT molecular complexity index is 1040. The molecule has 0 bridgehead atoms. The van der Waals surface area contributed by atoms with Crippen LogP contribution in [0.2, 0.25) is 0 Å². The van der Waals surface area contributed by atoms with Crippen molar-refractivity contribution >= 4 is 17.6 Å². The van der Waals surface area contributed by atoms with Crippen molar-refractivity contribution in [3.63, 3.8) is 0 Å². The van der Waals surface area contributed by atoms with Gasteiger partial charge in [0.2, 0.25) is 11.8 Å². The van der Waals surface area contributed by atoms with Gasteiger partial charge >= 0.3 is 0 Å². The summed E-state index contributed by atoms with van der Waals surface area (Å²) in [4.78, 5) is 31.9. The van der Waals surface area contributed by atoms with Crippen molar-refractivity contribution in [2.24, 2.45) is 5.92 Å². The van der Waals surface area contributed by atoms with Crippen molar-refractivity contribution < 1.29 is 19.1 Å². The fraction of sp³-hybridized carbons (Fsp3) is 0.556. The predicted octanol–water partition coefficient (Wildman–Crippen LogP) is 2.61. The number of aromatic nitrogens is 2. The Labute approximate surface area is 212 Å². The van der Waals surface area contributed by atoms with Gasteiger partial charge in [-0.05, 0) is 68.5 Å². The number of benzene rings is 1. The van der Waals surface area contributed by atoms with Crippen LogP contribution in [0.1, 0.15) is 32.1 Å². The highest BCUT2D eigenvalue weighted by Gasteiger charge is 2.36. The molecule has 2 saturated heterocycles. The lowest BCUT2D eigenvalue weighted by Crippen LogP contribution is -2.47. The Morgan fingerprint density at radius 3 is 2.50 bits per heavy atom. The van der Waals surface area contributed by atoms with E-state index in [9.17, 15) is 9.59 Å². The van der Waals surface area contributed by atoms with Gasteiger partial charge in [0.05, 0.1) is 25.5 Å². The largest absolute Gasteiger partial charge is 0.497 e. The summed E-state index contributed by atoms with van der Waals surface area (Å²) in [5.41, 5.74) is 1.79. The van der Waals surface area contributed by atoms with Gasteiger partial charge in [-0.2, -0.15) is 0 Å². The Morgan fingerprint density at radius 2 is 1.83 bits per heavy atom. The van der Waals surface area contributed by atoms with Crippen molar-refractivity contribution in [2.45, 2.75) is 38.2 Å². The minimum Gasteiger partial charge on any atom is -0.497 e. The van der Waals surface area contributed by atoms with Crippen LogP contribution in [0.3, 0.4) is 0 Å². The Kier molecular flexibility index (Phi) is 7.65. The van der Waals surface area contributed by atoms with Gasteiger partial charge in [-0.25, -0.2) is 0 Å². The number of rotatable bonds is 8. The molecule has 3 aliphatic rings. The summed E-state index contributed by atoms with van der Waals surface area (Å²) >= 11 is 0. The van der Waals surface area contributed by atoms with Crippen molar-refractivity contribution in [3.8, 4) is 17.0 Å². The molecule has 3 fully saturated rings. The van der Waals surface area contributed by atoms with Crippen molar-refractivity contribution in [1.29, 1.82) is 0 Å². The summed E-state index contributed by atoms with van der Waals surface area (Å²) in [7, 11) is 1.65. The highest BCUT2D eigenvalue weighted by Crippen LogP contribution is 2.31. The molecular formula is C27H35N5O4. The molecule has 2 aromatic rings. The number of nitrogens with zero attached hydrogens (tertiary/aromatic N) is 5. The number of ether oxygens (including phenoxy) is 2. The minimum atomic E-state index is 0.0183. The standard InChI is InChI=1S/C27H35N5O4/c1-35-22-9-7-20(8-10-22)24-11-12-25(29-28-24)30-13-3-14-31(16-15-30)26(33)19-32(27(34)21-5-6-21)18-23-4-2-17-36-23/h7-12,21,23H,2-6,13-19H2,1H3/t23-/m0/s1. The number of methoxy groups -OCH3 is 1. The normalized spacial score (nSPS) is 20.2. The maximum absolute atomic E-state index is 13.2. The average molecular weight is 494 g/mol.